The highest BCUT2D eigenvalue weighted by Gasteiger charge is 2.54. The van der Waals surface area contributed by atoms with Crippen LogP contribution in [0.15, 0.2) is 71.3 Å². The minimum Gasteiger partial charge on any atom is -0.291 e. The Bertz CT molecular complexity index is 1020. The number of benzene rings is 2. The number of ketones is 2. The van der Waals surface area contributed by atoms with Gasteiger partial charge in [0.2, 0.25) is 17.1 Å². The first-order chi connectivity index (χ1) is 13.8. The van der Waals surface area contributed by atoms with Crippen molar-refractivity contribution in [3.05, 3.63) is 82.9 Å². The van der Waals surface area contributed by atoms with Gasteiger partial charge in [0, 0.05) is 11.1 Å². The van der Waals surface area contributed by atoms with Crippen molar-refractivity contribution in [2.24, 2.45) is 5.10 Å². The fraction of sp³-hybridized carbons (Fsp3) is 0.227. The second-order valence-corrected chi connectivity index (χ2v) is 7.04. The number of alkyl halides is 3. The number of carbonyl (C=O) groups excluding carboxylic acids is 2. The number of hydrazone groups is 1. The molecule has 1 unspecified atom stereocenters. The van der Waals surface area contributed by atoms with Gasteiger partial charge in [-0.3, -0.25) is 15.0 Å². The van der Waals surface area contributed by atoms with Crippen molar-refractivity contribution in [3.8, 4) is 0 Å². The minimum atomic E-state index is -4.47. The lowest BCUT2D eigenvalue weighted by Crippen LogP contribution is -2.55. The van der Waals surface area contributed by atoms with Gasteiger partial charge in [-0.05, 0) is 37.0 Å². The molecule has 29 heavy (non-hydrogen) atoms. The molecular weight excluding hydrogens is 381 g/mol. The molecule has 4 rings (SSSR count). The smallest absolute Gasteiger partial charge is 0.291 e. The van der Waals surface area contributed by atoms with E-state index in [9.17, 15) is 22.8 Å². The summed E-state index contributed by atoms with van der Waals surface area (Å²) in [6.07, 6.45) is -0.447. The molecule has 0 spiro atoms. The van der Waals surface area contributed by atoms with Crippen LogP contribution in [0.2, 0.25) is 0 Å². The Morgan fingerprint density at radius 3 is 2.31 bits per heavy atom. The molecule has 0 saturated heterocycles. The minimum absolute atomic E-state index is 0.0456. The van der Waals surface area contributed by atoms with E-state index in [1.807, 2.05) is 6.08 Å². The maximum Gasteiger partial charge on any atom is 0.416 e. The number of allylic oxidation sites excluding steroid dienone is 1. The third-order valence-electron chi connectivity index (χ3n) is 5.28. The van der Waals surface area contributed by atoms with Crippen molar-refractivity contribution in [3.63, 3.8) is 0 Å². The Hall–Kier alpha value is -3.22. The Kier molecular flexibility index (Phi) is 4.61. The van der Waals surface area contributed by atoms with E-state index in [-0.39, 0.29) is 11.3 Å². The van der Waals surface area contributed by atoms with E-state index >= 15 is 0 Å². The van der Waals surface area contributed by atoms with Gasteiger partial charge in [-0.1, -0.05) is 48.5 Å². The van der Waals surface area contributed by atoms with E-state index in [1.165, 1.54) is 12.1 Å². The molecule has 0 bridgehead atoms. The first kappa shape index (κ1) is 19.1. The predicted molar refractivity (Wildman–Crippen MR) is 102 cm³/mol. The Morgan fingerprint density at radius 1 is 1.03 bits per heavy atom. The average Bonchev–Trinajstić information content (AvgIpc) is 3.36. The van der Waals surface area contributed by atoms with Gasteiger partial charge >= 0.3 is 6.18 Å². The second kappa shape index (κ2) is 6.99. The van der Waals surface area contributed by atoms with E-state index in [0.29, 0.717) is 17.6 Å². The van der Waals surface area contributed by atoms with Crippen LogP contribution in [0, 0.1) is 0 Å². The Balaban J connectivity index is 1.73. The topological polar surface area (TPSA) is 58.5 Å². The summed E-state index contributed by atoms with van der Waals surface area (Å²) >= 11 is 0. The van der Waals surface area contributed by atoms with Crippen LogP contribution >= 0.6 is 0 Å². The fourth-order valence-electron chi connectivity index (χ4n) is 3.77. The van der Waals surface area contributed by atoms with Crippen LogP contribution in [-0.4, -0.2) is 22.8 Å². The number of rotatable bonds is 4. The molecule has 0 fully saturated rings. The number of nitrogens with one attached hydrogen (secondary N) is 1. The average molecular weight is 398 g/mol. The standard InChI is InChI=1S/C22H17F3N2O2/c23-22(24,25)17-12-10-14(11-13-17)18-20(29)21(27-26-18,16-8-4-5-9-16)19(28)15-6-2-1-3-7-15/h1-3,6-8,10-13,27H,4-5,9H2. The summed E-state index contributed by atoms with van der Waals surface area (Å²) in [5, 5.41) is 4.10. The predicted octanol–water partition coefficient (Wildman–Crippen LogP) is 4.31. The first-order valence-corrected chi connectivity index (χ1v) is 9.20. The molecule has 2 aliphatic rings. The summed E-state index contributed by atoms with van der Waals surface area (Å²) in [6.45, 7) is 0. The molecule has 1 aliphatic heterocycles. The molecule has 1 atom stereocenters. The van der Waals surface area contributed by atoms with Crippen LogP contribution in [0.3, 0.4) is 0 Å². The fourth-order valence-corrected chi connectivity index (χ4v) is 3.77. The van der Waals surface area contributed by atoms with Gasteiger partial charge in [0.05, 0.1) is 5.56 Å². The summed E-state index contributed by atoms with van der Waals surface area (Å²) in [7, 11) is 0. The van der Waals surface area contributed by atoms with E-state index < -0.39 is 28.8 Å². The number of carbonyl (C=O) groups is 2. The molecule has 148 valence electrons. The molecule has 0 radical (unpaired) electrons. The molecule has 1 heterocycles. The third kappa shape index (κ3) is 3.16. The van der Waals surface area contributed by atoms with E-state index in [4.69, 9.17) is 0 Å². The zero-order valence-electron chi connectivity index (χ0n) is 15.3. The zero-order valence-corrected chi connectivity index (χ0v) is 15.3. The lowest BCUT2D eigenvalue weighted by atomic mass is 9.77. The van der Waals surface area contributed by atoms with Crippen LogP contribution < -0.4 is 5.43 Å². The van der Waals surface area contributed by atoms with Crippen molar-refractivity contribution >= 4 is 17.3 Å². The van der Waals surface area contributed by atoms with Crippen molar-refractivity contribution in [2.75, 3.05) is 0 Å². The summed E-state index contributed by atoms with van der Waals surface area (Å²) in [5.74, 6) is -0.957. The highest BCUT2D eigenvalue weighted by molar-refractivity contribution is 6.55. The summed E-state index contributed by atoms with van der Waals surface area (Å²) in [5.41, 5.74) is 1.50. The molecule has 1 aliphatic carbocycles. The molecule has 2 aromatic carbocycles. The summed E-state index contributed by atoms with van der Waals surface area (Å²) in [6, 6.07) is 12.7. The van der Waals surface area contributed by atoms with Crippen LogP contribution in [-0.2, 0) is 11.0 Å². The highest BCUT2D eigenvalue weighted by atomic mass is 19.4. The van der Waals surface area contributed by atoms with Crippen LogP contribution in [0.25, 0.3) is 0 Å². The molecule has 2 aromatic rings. The van der Waals surface area contributed by atoms with E-state index in [0.717, 1.165) is 25.0 Å². The molecular formula is C22H17F3N2O2. The van der Waals surface area contributed by atoms with Gasteiger partial charge in [0.15, 0.2) is 0 Å². The van der Waals surface area contributed by atoms with Gasteiger partial charge in [0.1, 0.15) is 5.71 Å². The van der Waals surface area contributed by atoms with E-state index in [2.05, 4.69) is 10.5 Å². The maximum absolute atomic E-state index is 13.4. The number of Topliss-reactive ketones (excluding diaryl/α,β-unsaturated/α-hetero) is 2. The molecule has 1 N–H and O–H groups in total. The van der Waals surface area contributed by atoms with Gasteiger partial charge < -0.3 is 0 Å². The van der Waals surface area contributed by atoms with Crippen molar-refractivity contribution in [1.82, 2.24) is 5.43 Å². The lowest BCUT2D eigenvalue weighted by molar-refractivity contribution is -0.137. The number of hydrogen-bond acceptors (Lipinski definition) is 4. The van der Waals surface area contributed by atoms with Crippen molar-refractivity contribution < 1.29 is 22.8 Å². The highest BCUT2D eigenvalue weighted by Crippen LogP contribution is 2.36. The van der Waals surface area contributed by atoms with Gasteiger partial charge in [-0.2, -0.15) is 18.3 Å². The van der Waals surface area contributed by atoms with Gasteiger partial charge in [-0.15, -0.1) is 0 Å². The molecule has 7 heteroatoms. The third-order valence-corrected chi connectivity index (χ3v) is 5.28. The molecule has 0 aromatic heterocycles. The second-order valence-electron chi connectivity index (χ2n) is 7.04. The number of hydrogen-bond donors (Lipinski definition) is 1. The van der Waals surface area contributed by atoms with Crippen LogP contribution in [0.4, 0.5) is 13.2 Å². The zero-order chi connectivity index (χ0) is 20.6. The SMILES string of the molecule is O=C1C(c2ccc(C(F)(F)F)cc2)=NNC1(C(=O)c1ccccc1)C1=CCCC1. The van der Waals surface area contributed by atoms with Crippen molar-refractivity contribution in [1.29, 1.82) is 0 Å². The Morgan fingerprint density at radius 2 is 1.72 bits per heavy atom. The van der Waals surface area contributed by atoms with Crippen molar-refractivity contribution in [2.45, 2.75) is 31.0 Å². The van der Waals surface area contributed by atoms with Gasteiger partial charge in [0.25, 0.3) is 0 Å². The van der Waals surface area contributed by atoms with Crippen LogP contribution in [0.5, 0.6) is 0 Å². The normalized spacial score (nSPS) is 21.6. The van der Waals surface area contributed by atoms with Gasteiger partial charge in [-0.25, -0.2) is 0 Å². The molecule has 0 saturated carbocycles. The monoisotopic (exact) mass is 398 g/mol. The largest absolute Gasteiger partial charge is 0.416 e. The molecule has 4 nitrogen and oxygen atoms in total. The van der Waals surface area contributed by atoms with E-state index in [1.54, 1.807) is 30.3 Å². The quantitative estimate of drug-likeness (QED) is 0.474. The Labute approximate surface area is 165 Å². The maximum atomic E-state index is 13.4. The molecule has 0 amide bonds. The number of halogens is 3. The summed E-state index contributed by atoms with van der Waals surface area (Å²) in [4.78, 5) is 26.8. The first-order valence-electron chi connectivity index (χ1n) is 9.20. The van der Waals surface area contributed by atoms with Crippen LogP contribution in [0.1, 0.15) is 40.7 Å². The number of nitrogens with zero attached hydrogens (tertiary/aromatic N) is 1. The lowest BCUT2D eigenvalue weighted by Gasteiger charge is -2.27. The summed E-state index contributed by atoms with van der Waals surface area (Å²) < 4.78 is 38.5.